The van der Waals surface area contributed by atoms with Gasteiger partial charge in [-0.2, -0.15) is 13.2 Å². The van der Waals surface area contributed by atoms with Crippen LogP contribution in [0.25, 0.3) is 6.08 Å². The van der Waals surface area contributed by atoms with Gasteiger partial charge in [-0.3, -0.25) is 10.1 Å². The molecule has 0 radical (unpaired) electrons. The zero-order valence-corrected chi connectivity index (χ0v) is 9.25. The second kappa shape index (κ2) is 4.65. The first-order valence-corrected chi connectivity index (χ1v) is 4.79. The molecule has 0 saturated carbocycles. The van der Waals surface area contributed by atoms with Crippen molar-refractivity contribution in [3.05, 3.63) is 44.4 Å². The average Bonchev–Trinajstić information content (AvgIpc) is 2.16. The SMILES string of the molecule is O=[N+]([O-])c1ccccc1/C=C(\Br)C(F)(F)F. The Morgan fingerprint density at radius 2 is 1.94 bits per heavy atom. The van der Waals surface area contributed by atoms with Crippen LogP contribution in [0.4, 0.5) is 18.9 Å². The molecule has 0 N–H and O–H groups in total. The van der Waals surface area contributed by atoms with Crippen LogP contribution in [0, 0.1) is 10.1 Å². The molecule has 0 atom stereocenters. The lowest BCUT2D eigenvalue weighted by Gasteiger charge is -2.04. The Hall–Kier alpha value is -1.37. The van der Waals surface area contributed by atoms with Crippen LogP contribution in [0.15, 0.2) is 28.7 Å². The van der Waals surface area contributed by atoms with Crippen LogP contribution in [0.1, 0.15) is 5.56 Å². The maximum absolute atomic E-state index is 12.2. The van der Waals surface area contributed by atoms with Gasteiger partial charge in [-0.1, -0.05) is 12.1 Å². The molecule has 3 nitrogen and oxygen atoms in total. The number of hydrogen-bond acceptors (Lipinski definition) is 2. The van der Waals surface area contributed by atoms with Crippen molar-refractivity contribution in [2.75, 3.05) is 0 Å². The smallest absolute Gasteiger partial charge is 0.258 e. The molecule has 1 aromatic rings. The minimum absolute atomic E-state index is 0.100. The first kappa shape index (κ1) is 12.7. The van der Waals surface area contributed by atoms with Crippen LogP contribution in [0.2, 0.25) is 0 Å². The second-order valence-electron chi connectivity index (χ2n) is 2.81. The zero-order chi connectivity index (χ0) is 12.3. The van der Waals surface area contributed by atoms with Crippen LogP contribution >= 0.6 is 15.9 Å². The van der Waals surface area contributed by atoms with Crippen molar-refractivity contribution in [2.24, 2.45) is 0 Å². The monoisotopic (exact) mass is 295 g/mol. The molecule has 16 heavy (non-hydrogen) atoms. The van der Waals surface area contributed by atoms with Crippen LogP contribution in [-0.2, 0) is 0 Å². The maximum Gasteiger partial charge on any atom is 0.422 e. The molecule has 1 rings (SSSR count). The highest BCUT2D eigenvalue weighted by Crippen LogP contribution is 2.33. The van der Waals surface area contributed by atoms with Crippen molar-refractivity contribution in [3.8, 4) is 0 Å². The molecule has 0 aliphatic rings. The van der Waals surface area contributed by atoms with E-state index in [4.69, 9.17) is 0 Å². The molecule has 7 heteroatoms. The third kappa shape index (κ3) is 3.06. The third-order valence-corrected chi connectivity index (χ3v) is 2.36. The van der Waals surface area contributed by atoms with Crippen LogP contribution in [0.5, 0.6) is 0 Å². The number of nitro benzene ring substituents is 1. The Morgan fingerprint density at radius 1 is 1.38 bits per heavy atom. The van der Waals surface area contributed by atoms with Gasteiger partial charge in [0, 0.05) is 6.07 Å². The number of benzene rings is 1. The Kier molecular flexibility index (Phi) is 3.69. The highest BCUT2D eigenvalue weighted by Gasteiger charge is 2.32. The third-order valence-electron chi connectivity index (χ3n) is 1.69. The van der Waals surface area contributed by atoms with Crippen molar-refractivity contribution >= 4 is 27.7 Å². The van der Waals surface area contributed by atoms with Gasteiger partial charge in [0.2, 0.25) is 0 Å². The lowest BCUT2D eigenvalue weighted by Crippen LogP contribution is -2.06. The molecule has 0 fully saturated rings. The molecule has 86 valence electrons. The van der Waals surface area contributed by atoms with Gasteiger partial charge in [-0.25, -0.2) is 0 Å². The molecule has 0 aliphatic carbocycles. The number of alkyl halides is 3. The lowest BCUT2D eigenvalue weighted by atomic mass is 10.1. The van der Waals surface area contributed by atoms with E-state index >= 15 is 0 Å². The van der Waals surface area contributed by atoms with E-state index in [1.165, 1.54) is 18.2 Å². The Bertz CT molecular complexity index is 443. The minimum Gasteiger partial charge on any atom is -0.258 e. The Labute approximate surface area is 96.9 Å². The first-order valence-electron chi connectivity index (χ1n) is 4.00. The fourth-order valence-electron chi connectivity index (χ4n) is 0.994. The standard InChI is InChI=1S/C9H5BrF3NO2/c10-8(9(11,12)13)5-6-3-1-2-4-7(6)14(15)16/h1-5H/b8-5-. The van der Waals surface area contributed by atoms with E-state index in [-0.39, 0.29) is 11.3 Å². The summed E-state index contributed by atoms with van der Waals surface area (Å²) in [5.74, 6) is 0. The largest absolute Gasteiger partial charge is 0.422 e. The number of rotatable bonds is 2. The summed E-state index contributed by atoms with van der Waals surface area (Å²) < 4.78 is 35.5. The van der Waals surface area contributed by atoms with Crippen molar-refractivity contribution < 1.29 is 18.1 Å². The number of hydrogen-bond donors (Lipinski definition) is 0. The predicted molar refractivity (Wildman–Crippen MR) is 56.1 cm³/mol. The normalized spacial score (nSPS) is 12.6. The van der Waals surface area contributed by atoms with Crippen LogP contribution in [0.3, 0.4) is 0 Å². The summed E-state index contributed by atoms with van der Waals surface area (Å²) in [6.45, 7) is 0. The molecule has 0 spiro atoms. The van der Waals surface area contributed by atoms with E-state index in [1.54, 1.807) is 0 Å². The number of allylic oxidation sites excluding steroid dienone is 1. The number of nitrogens with zero attached hydrogens (tertiary/aromatic N) is 1. The molecule has 0 heterocycles. The van der Waals surface area contributed by atoms with Gasteiger partial charge >= 0.3 is 6.18 Å². The fraction of sp³-hybridized carbons (Fsp3) is 0.111. The van der Waals surface area contributed by atoms with E-state index < -0.39 is 15.6 Å². The number of nitro groups is 1. The van der Waals surface area contributed by atoms with Gasteiger partial charge < -0.3 is 0 Å². The summed E-state index contributed by atoms with van der Waals surface area (Å²) >= 11 is 2.33. The molecule has 1 aromatic carbocycles. The van der Waals surface area contributed by atoms with Crippen molar-refractivity contribution in [3.63, 3.8) is 0 Å². The molecule has 0 unspecified atom stereocenters. The van der Waals surface area contributed by atoms with Gasteiger partial charge in [0.25, 0.3) is 5.69 Å². The molecule has 0 amide bonds. The summed E-state index contributed by atoms with van der Waals surface area (Å²) in [5, 5.41) is 10.5. The highest BCUT2D eigenvalue weighted by atomic mass is 79.9. The van der Waals surface area contributed by atoms with Gasteiger partial charge in [0.1, 0.15) is 0 Å². The summed E-state index contributed by atoms with van der Waals surface area (Å²) in [5.41, 5.74) is -0.472. The Balaban J connectivity index is 3.20. The second-order valence-corrected chi connectivity index (χ2v) is 3.66. The lowest BCUT2D eigenvalue weighted by molar-refractivity contribution is -0.385. The van der Waals surface area contributed by atoms with Crippen LogP contribution in [-0.4, -0.2) is 11.1 Å². The molecule has 0 bridgehead atoms. The van der Waals surface area contributed by atoms with E-state index in [2.05, 4.69) is 15.9 Å². The zero-order valence-electron chi connectivity index (χ0n) is 7.66. The van der Waals surface area contributed by atoms with E-state index in [1.807, 2.05) is 0 Å². The molecule has 0 aliphatic heterocycles. The maximum atomic E-state index is 12.2. The van der Waals surface area contributed by atoms with E-state index in [9.17, 15) is 23.3 Å². The van der Waals surface area contributed by atoms with Gasteiger partial charge in [0.05, 0.1) is 15.0 Å². The highest BCUT2D eigenvalue weighted by molar-refractivity contribution is 9.11. The molecular formula is C9H5BrF3NO2. The molecular weight excluding hydrogens is 291 g/mol. The van der Waals surface area contributed by atoms with Gasteiger partial charge in [0.15, 0.2) is 0 Å². The van der Waals surface area contributed by atoms with Crippen molar-refractivity contribution in [1.82, 2.24) is 0 Å². The van der Waals surface area contributed by atoms with Crippen LogP contribution < -0.4 is 0 Å². The fourth-order valence-corrected chi connectivity index (χ4v) is 1.24. The number of para-hydroxylation sites is 1. The minimum atomic E-state index is -4.55. The van der Waals surface area contributed by atoms with E-state index in [0.29, 0.717) is 6.08 Å². The predicted octanol–water partition coefficient (Wildman–Crippen LogP) is 3.89. The van der Waals surface area contributed by atoms with Crippen molar-refractivity contribution in [2.45, 2.75) is 6.18 Å². The van der Waals surface area contributed by atoms with Gasteiger partial charge in [-0.05, 0) is 28.1 Å². The summed E-state index contributed by atoms with van der Waals surface area (Å²) in [6.07, 6.45) is -3.87. The first-order chi connectivity index (χ1) is 7.32. The summed E-state index contributed by atoms with van der Waals surface area (Å²) in [7, 11) is 0. The number of halogens is 4. The summed E-state index contributed by atoms with van der Waals surface area (Å²) in [4.78, 5) is 9.80. The summed E-state index contributed by atoms with van der Waals surface area (Å²) in [6, 6.07) is 5.19. The van der Waals surface area contributed by atoms with Gasteiger partial charge in [-0.15, -0.1) is 0 Å². The topological polar surface area (TPSA) is 43.1 Å². The molecule has 0 aromatic heterocycles. The molecule has 0 saturated heterocycles. The van der Waals surface area contributed by atoms with Crippen molar-refractivity contribution in [1.29, 1.82) is 0 Å². The quantitative estimate of drug-likeness (QED) is 0.613. The average molecular weight is 296 g/mol. The Morgan fingerprint density at radius 3 is 2.44 bits per heavy atom. The van der Waals surface area contributed by atoms with E-state index in [0.717, 1.165) is 6.07 Å².